The zero-order valence-corrected chi connectivity index (χ0v) is 12.4. The van der Waals surface area contributed by atoms with Gasteiger partial charge in [0.05, 0.1) is 13.2 Å². The van der Waals surface area contributed by atoms with E-state index in [-0.39, 0.29) is 0 Å². The van der Waals surface area contributed by atoms with Crippen LogP contribution in [0.15, 0.2) is 12.1 Å². The molecule has 1 aromatic carbocycles. The molecule has 0 atom stereocenters. The SMILES string of the molecule is CCCNCCOCCc1cc(C)c(C)cc1Cl. The van der Waals surface area contributed by atoms with Crippen molar-refractivity contribution in [3.05, 3.63) is 33.8 Å². The summed E-state index contributed by atoms with van der Waals surface area (Å²) in [4.78, 5) is 0. The van der Waals surface area contributed by atoms with Crippen LogP contribution in [-0.2, 0) is 11.2 Å². The lowest BCUT2D eigenvalue weighted by Gasteiger charge is -2.09. The Labute approximate surface area is 116 Å². The fourth-order valence-corrected chi connectivity index (χ4v) is 2.08. The monoisotopic (exact) mass is 269 g/mol. The van der Waals surface area contributed by atoms with E-state index in [0.29, 0.717) is 0 Å². The number of aryl methyl sites for hydroxylation is 2. The minimum atomic E-state index is 0.732. The lowest BCUT2D eigenvalue weighted by molar-refractivity contribution is 0.139. The molecule has 0 aromatic heterocycles. The third kappa shape index (κ3) is 5.38. The summed E-state index contributed by atoms with van der Waals surface area (Å²) in [5.74, 6) is 0. The highest BCUT2D eigenvalue weighted by atomic mass is 35.5. The Morgan fingerprint density at radius 1 is 1.11 bits per heavy atom. The van der Waals surface area contributed by atoms with Crippen molar-refractivity contribution in [1.82, 2.24) is 5.32 Å². The lowest BCUT2D eigenvalue weighted by atomic mass is 10.0. The second-order valence-corrected chi connectivity index (χ2v) is 5.05. The Morgan fingerprint density at radius 2 is 1.83 bits per heavy atom. The number of halogens is 1. The molecule has 0 aliphatic heterocycles. The minimum absolute atomic E-state index is 0.732. The second-order valence-electron chi connectivity index (χ2n) is 4.64. The van der Waals surface area contributed by atoms with Gasteiger partial charge in [0.15, 0.2) is 0 Å². The van der Waals surface area contributed by atoms with Gasteiger partial charge in [-0.3, -0.25) is 0 Å². The maximum Gasteiger partial charge on any atom is 0.0591 e. The highest BCUT2D eigenvalue weighted by molar-refractivity contribution is 6.31. The van der Waals surface area contributed by atoms with Gasteiger partial charge in [-0.2, -0.15) is 0 Å². The second kappa shape index (κ2) is 8.52. The van der Waals surface area contributed by atoms with Crippen LogP contribution in [0, 0.1) is 13.8 Å². The van der Waals surface area contributed by atoms with Crippen LogP contribution >= 0.6 is 11.6 Å². The fourth-order valence-electron chi connectivity index (χ4n) is 1.76. The molecule has 0 spiro atoms. The van der Waals surface area contributed by atoms with Crippen molar-refractivity contribution in [2.45, 2.75) is 33.6 Å². The van der Waals surface area contributed by atoms with Crippen molar-refractivity contribution in [1.29, 1.82) is 0 Å². The molecule has 0 bridgehead atoms. The van der Waals surface area contributed by atoms with Crippen LogP contribution in [-0.4, -0.2) is 26.3 Å². The van der Waals surface area contributed by atoms with Gasteiger partial charge < -0.3 is 10.1 Å². The summed E-state index contributed by atoms with van der Waals surface area (Å²) in [5.41, 5.74) is 3.72. The molecular formula is C15H24ClNO. The number of hydrogen-bond acceptors (Lipinski definition) is 2. The van der Waals surface area contributed by atoms with Crippen molar-refractivity contribution in [2.75, 3.05) is 26.3 Å². The van der Waals surface area contributed by atoms with Crippen LogP contribution in [0.1, 0.15) is 30.0 Å². The molecular weight excluding hydrogens is 246 g/mol. The molecule has 3 heteroatoms. The van der Waals surface area contributed by atoms with E-state index in [0.717, 1.165) is 44.2 Å². The summed E-state index contributed by atoms with van der Waals surface area (Å²) in [6, 6.07) is 4.20. The first-order chi connectivity index (χ1) is 8.65. The van der Waals surface area contributed by atoms with Gasteiger partial charge in [-0.1, -0.05) is 24.6 Å². The molecule has 1 aromatic rings. The summed E-state index contributed by atoms with van der Waals surface area (Å²) in [6.45, 7) is 9.85. The van der Waals surface area contributed by atoms with Gasteiger partial charge in [0.2, 0.25) is 0 Å². The maximum absolute atomic E-state index is 6.21. The molecule has 0 saturated carbocycles. The number of rotatable bonds is 8. The van der Waals surface area contributed by atoms with E-state index < -0.39 is 0 Å². The van der Waals surface area contributed by atoms with Crippen molar-refractivity contribution in [2.24, 2.45) is 0 Å². The standard InChI is InChI=1S/C15H24ClNO/c1-4-6-17-7-9-18-8-5-14-10-12(2)13(3)11-15(14)16/h10-11,17H,4-9H2,1-3H3. The van der Waals surface area contributed by atoms with Crippen molar-refractivity contribution >= 4 is 11.6 Å². The summed E-state index contributed by atoms with van der Waals surface area (Å²) in [7, 11) is 0. The smallest absolute Gasteiger partial charge is 0.0591 e. The number of hydrogen-bond donors (Lipinski definition) is 1. The van der Waals surface area contributed by atoms with Crippen LogP contribution in [0.5, 0.6) is 0 Å². The van der Waals surface area contributed by atoms with Crippen LogP contribution in [0.3, 0.4) is 0 Å². The molecule has 1 N–H and O–H groups in total. The van der Waals surface area contributed by atoms with E-state index in [2.05, 4.69) is 32.2 Å². The predicted molar refractivity (Wildman–Crippen MR) is 78.6 cm³/mol. The van der Waals surface area contributed by atoms with Gasteiger partial charge in [0.1, 0.15) is 0 Å². The van der Waals surface area contributed by atoms with E-state index in [1.54, 1.807) is 0 Å². The van der Waals surface area contributed by atoms with Crippen LogP contribution in [0.25, 0.3) is 0 Å². The average Bonchev–Trinajstić information content (AvgIpc) is 2.34. The Kier molecular flexibility index (Phi) is 7.33. The Hall–Kier alpha value is -0.570. The van der Waals surface area contributed by atoms with Crippen LogP contribution < -0.4 is 5.32 Å². The normalized spacial score (nSPS) is 10.9. The molecule has 0 aliphatic carbocycles. The number of benzene rings is 1. The summed E-state index contributed by atoms with van der Waals surface area (Å²) in [6.07, 6.45) is 2.05. The van der Waals surface area contributed by atoms with E-state index >= 15 is 0 Å². The van der Waals surface area contributed by atoms with Crippen molar-refractivity contribution in [3.8, 4) is 0 Å². The fraction of sp³-hybridized carbons (Fsp3) is 0.600. The van der Waals surface area contributed by atoms with Gasteiger partial charge in [-0.25, -0.2) is 0 Å². The highest BCUT2D eigenvalue weighted by Gasteiger charge is 2.03. The zero-order valence-electron chi connectivity index (χ0n) is 11.7. The van der Waals surface area contributed by atoms with Crippen molar-refractivity contribution < 1.29 is 4.74 Å². The van der Waals surface area contributed by atoms with Gasteiger partial charge in [0, 0.05) is 11.6 Å². The van der Waals surface area contributed by atoms with E-state index in [9.17, 15) is 0 Å². The summed E-state index contributed by atoms with van der Waals surface area (Å²) in [5, 5.41) is 4.16. The molecule has 102 valence electrons. The molecule has 0 aliphatic rings. The molecule has 2 nitrogen and oxygen atoms in total. The van der Waals surface area contributed by atoms with E-state index in [1.165, 1.54) is 16.7 Å². The van der Waals surface area contributed by atoms with Gasteiger partial charge in [-0.05, 0) is 56.0 Å². The third-order valence-corrected chi connectivity index (χ3v) is 3.38. The maximum atomic E-state index is 6.21. The third-order valence-electron chi connectivity index (χ3n) is 3.03. The Morgan fingerprint density at radius 3 is 2.56 bits per heavy atom. The van der Waals surface area contributed by atoms with E-state index in [4.69, 9.17) is 16.3 Å². The molecule has 18 heavy (non-hydrogen) atoms. The summed E-state index contributed by atoms with van der Waals surface area (Å²) >= 11 is 6.21. The summed E-state index contributed by atoms with van der Waals surface area (Å²) < 4.78 is 5.59. The first-order valence-corrected chi connectivity index (χ1v) is 7.07. The first-order valence-electron chi connectivity index (χ1n) is 6.69. The van der Waals surface area contributed by atoms with Crippen LogP contribution in [0.4, 0.5) is 0 Å². The minimum Gasteiger partial charge on any atom is -0.380 e. The molecule has 1 rings (SSSR count). The van der Waals surface area contributed by atoms with Crippen LogP contribution in [0.2, 0.25) is 5.02 Å². The average molecular weight is 270 g/mol. The predicted octanol–water partition coefficient (Wildman–Crippen LogP) is 3.52. The number of nitrogens with one attached hydrogen (secondary N) is 1. The van der Waals surface area contributed by atoms with E-state index in [1.807, 2.05) is 6.07 Å². The molecule has 0 heterocycles. The molecule has 0 unspecified atom stereocenters. The first kappa shape index (κ1) is 15.5. The molecule has 0 saturated heterocycles. The lowest BCUT2D eigenvalue weighted by Crippen LogP contribution is -2.20. The topological polar surface area (TPSA) is 21.3 Å². The largest absolute Gasteiger partial charge is 0.380 e. The van der Waals surface area contributed by atoms with Gasteiger partial charge in [-0.15, -0.1) is 0 Å². The van der Waals surface area contributed by atoms with Gasteiger partial charge >= 0.3 is 0 Å². The Bertz CT molecular complexity index is 366. The van der Waals surface area contributed by atoms with Gasteiger partial charge in [0.25, 0.3) is 0 Å². The number of ether oxygens (including phenoxy) is 1. The molecule has 0 radical (unpaired) electrons. The highest BCUT2D eigenvalue weighted by Crippen LogP contribution is 2.21. The Balaban J connectivity index is 2.25. The molecule has 0 fully saturated rings. The zero-order chi connectivity index (χ0) is 13.4. The quantitative estimate of drug-likeness (QED) is 0.729. The van der Waals surface area contributed by atoms with Crippen molar-refractivity contribution in [3.63, 3.8) is 0 Å². The molecule has 0 amide bonds.